The van der Waals surface area contributed by atoms with Crippen LogP contribution in [0, 0.1) is 19.8 Å². The number of fused-ring (bicyclic) bond motifs is 1. The normalized spacial score (nSPS) is 21.5. The van der Waals surface area contributed by atoms with Crippen molar-refractivity contribution in [1.29, 1.82) is 0 Å². The molecule has 0 aromatic carbocycles. The minimum absolute atomic E-state index is 0.103. The van der Waals surface area contributed by atoms with Gasteiger partial charge in [-0.3, -0.25) is 4.68 Å². The molecular formula is C26H34N6O3. The number of hydrogen-bond acceptors (Lipinski definition) is 7. The molecule has 4 heterocycles. The van der Waals surface area contributed by atoms with Gasteiger partial charge in [0, 0.05) is 36.5 Å². The summed E-state index contributed by atoms with van der Waals surface area (Å²) >= 11 is 0. The van der Waals surface area contributed by atoms with E-state index in [0.29, 0.717) is 30.5 Å². The molecule has 1 saturated carbocycles. The van der Waals surface area contributed by atoms with Crippen LogP contribution in [0.3, 0.4) is 0 Å². The quantitative estimate of drug-likeness (QED) is 0.502. The Morgan fingerprint density at radius 1 is 1.23 bits per heavy atom. The van der Waals surface area contributed by atoms with Gasteiger partial charge in [0.2, 0.25) is 0 Å². The Labute approximate surface area is 205 Å². The molecule has 1 unspecified atom stereocenters. The molecule has 2 aliphatic rings. The fourth-order valence-electron chi connectivity index (χ4n) is 5.57. The third-order valence-electron chi connectivity index (χ3n) is 7.47. The zero-order chi connectivity index (χ0) is 24.7. The second-order valence-electron chi connectivity index (χ2n) is 10.4. The Morgan fingerprint density at radius 2 is 2.00 bits per heavy atom. The standard InChI is InChI=1S/C26H34N6O3/c1-16(2)31-15-19(14-27-31)9-10-26(20-7-5-6-8-20)13-22(33)21(24(34)35-26)12-23-29-25-28-17(3)11-18(4)32(25)30-23/h11,14-16,20,33H,5-10,12-13H2,1-4H3. The summed E-state index contributed by atoms with van der Waals surface area (Å²) in [4.78, 5) is 22.2. The molecule has 9 nitrogen and oxygen atoms in total. The van der Waals surface area contributed by atoms with Gasteiger partial charge in [0.05, 0.1) is 11.8 Å². The molecule has 1 fully saturated rings. The van der Waals surface area contributed by atoms with Crippen molar-refractivity contribution in [2.45, 2.75) is 90.7 Å². The molecule has 3 aromatic rings. The van der Waals surface area contributed by atoms with E-state index in [4.69, 9.17) is 4.74 Å². The minimum atomic E-state index is -0.692. The number of cyclic esters (lactones) is 1. The predicted molar refractivity (Wildman–Crippen MR) is 130 cm³/mol. The van der Waals surface area contributed by atoms with E-state index in [0.717, 1.165) is 49.1 Å². The SMILES string of the molecule is Cc1cc(C)n2nc(CC3=C(O)CC(CCc4cnn(C(C)C)c4)(C4CCCC4)OC3=O)nc2n1. The highest BCUT2D eigenvalue weighted by atomic mass is 16.6. The van der Waals surface area contributed by atoms with Crippen LogP contribution in [0.1, 0.15) is 81.2 Å². The summed E-state index contributed by atoms with van der Waals surface area (Å²) in [5.74, 6) is 0.825. The Hall–Kier alpha value is -3.23. The maximum atomic E-state index is 13.3. The third kappa shape index (κ3) is 4.56. The Kier molecular flexibility index (Phi) is 6.11. The highest BCUT2D eigenvalue weighted by Crippen LogP contribution is 2.46. The molecule has 3 aromatic heterocycles. The molecule has 5 rings (SSSR count). The molecule has 0 spiro atoms. The Bertz CT molecular complexity index is 1280. The van der Waals surface area contributed by atoms with Crippen LogP contribution in [0.2, 0.25) is 0 Å². The molecule has 1 aliphatic heterocycles. The number of hydrogen-bond donors (Lipinski definition) is 1. The summed E-state index contributed by atoms with van der Waals surface area (Å²) in [7, 11) is 0. The van der Waals surface area contributed by atoms with Crippen molar-refractivity contribution in [2.75, 3.05) is 0 Å². The predicted octanol–water partition coefficient (Wildman–Crippen LogP) is 4.38. The lowest BCUT2D eigenvalue weighted by molar-refractivity contribution is -0.167. The Morgan fingerprint density at radius 3 is 2.69 bits per heavy atom. The van der Waals surface area contributed by atoms with Gasteiger partial charge in [0.1, 0.15) is 11.4 Å². The monoisotopic (exact) mass is 478 g/mol. The molecule has 186 valence electrons. The van der Waals surface area contributed by atoms with E-state index < -0.39 is 11.6 Å². The van der Waals surface area contributed by atoms with Crippen molar-refractivity contribution in [3.05, 3.63) is 52.6 Å². The molecule has 9 heteroatoms. The number of esters is 1. The summed E-state index contributed by atoms with van der Waals surface area (Å²) in [5, 5.41) is 20.1. The third-order valence-corrected chi connectivity index (χ3v) is 7.47. The van der Waals surface area contributed by atoms with Crippen LogP contribution in [-0.4, -0.2) is 46.0 Å². The number of carbonyl (C=O) groups is 1. The van der Waals surface area contributed by atoms with Crippen LogP contribution < -0.4 is 0 Å². The van der Waals surface area contributed by atoms with Gasteiger partial charge in [-0.15, -0.1) is 5.10 Å². The Balaban J connectivity index is 1.39. The van der Waals surface area contributed by atoms with Crippen molar-refractivity contribution in [2.24, 2.45) is 5.92 Å². The summed E-state index contributed by atoms with van der Waals surface area (Å²) in [6.07, 6.45) is 10.1. The number of aromatic nitrogens is 6. The molecular weight excluding hydrogens is 444 g/mol. The second kappa shape index (κ2) is 9.09. The summed E-state index contributed by atoms with van der Waals surface area (Å²) in [6.45, 7) is 8.04. The van der Waals surface area contributed by atoms with Gasteiger partial charge in [-0.05, 0) is 70.9 Å². The fourth-order valence-corrected chi connectivity index (χ4v) is 5.57. The summed E-state index contributed by atoms with van der Waals surface area (Å²) < 4.78 is 9.85. The lowest BCUT2D eigenvalue weighted by Gasteiger charge is -2.41. The largest absolute Gasteiger partial charge is 0.512 e. The second-order valence-corrected chi connectivity index (χ2v) is 10.4. The average molecular weight is 479 g/mol. The van der Waals surface area contributed by atoms with Crippen LogP contribution in [-0.2, 0) is 22.4 Å². The van der Waals surface area contributed by atoms with E-state index in [1.54, 1.807) is 4.52 Å². The lowest BCUT2D eigenvalue weighted by atomic mass is 9.76. The minimum Gasteiger partial charge on any atom is -0.512 e. The van der Waals surface area contributed by atoms with E-state index in [2.05, 4.69) is 40.2 Å². The van der Waals surface area contributed by atoms with E-state index >= 15 is 0 Å². The number of carbonyl (C=O) groups excluding carboxylic acids is 1. The number of nitrogens with zero attached hydrogens (tertiary/aromatic N) is 6. The van der Waals surface area contributed by atoms with Crippen LogP contribution in [0.5, 0.6) is 0 Å². The fraction of sp³-hybridized carbons (Fsp3) is 0.577. The van der Waals surface area contributed by atoms with Gasteiger partial charge in [-0.25, -0.2) is 14.3 Å². The lowest BCUT2D eigenvalue weighted by Crippen LogP contribution is -2.46. The molecule has 0 radical (unpaired) electrons. The summed E-state index contributed by atoms with van der Waals surface area (Å²) in [5.41, 5.74) is 2.44. The van der Waals surface area contributed by atoms with Gasteiger partial charge in [0.25, 0.3) is 5.78 Å². The van der Waals surface area contributed by atoms with E-state index in [1.165, 1.54) is 0 Å². The van der Waals surface area contributed by atoms with Gasteiger partial charge in [-0.1, -0.05) is 12.8 Å². The first-order valence-electron chi connectivity index (χ1n) is 12.6. The molecule has 1 atom stereocenters. The first-order chi connectivity index (χ1) is 16.7. The van der Waals surface area contributed by atoms with Crippen molar-refractivity contribution in [1.82, 2.24) is 29.4 Å². The number of aliphatic hydroxyl groups excluding tert-OH is 1. The first-order valence-corrected chi connectivity index (χ1v) is 12.6. The molecule has 35 heavy (non-hydrogen) atoms. The van der Waals surface area contributed by atoms with Gasteiger partial charge in [-0.2, -0.15) is 10.1 Å². The molecule has 0 amide bonds. The maximum absolute atomic E-state index is 13.3. The first kappa shape index (κ1) is 23.5. The van der Waals surface area contributed by atoms with Crippen molar-refractivity contribution >= 4 is 11.7 Å². The molecule has 0 bridgehead atoms. The highest BCUT2D eigenvalue weighted by molar-refractivity contribution is 5.90. The van der Waals surface area contributed by atoms with Crippen LogP contribution in [0.4, 0.5) is 0 Å². The van der Waals surface area contributed by atoms with Gasteiger partial charge in [0.15, 0.2) is 5.82 Å². The van der Waals surface area contributed by atoms with E-state index in [9.17, 15) is 9.90 Å². The topological polar surface area (TPSA) is 107 Å². The highest BCUT2D eigenvalue weighted by Gasteiger charge is 2.48. The van der Waals surface area contributed by atoms with Crippen LogP contribution in [0.15, 0.2) is 29.8 Å². The number of aryl methyl sites for hydroxylation is 3. The number of ether oxygens (including phenoxy) is 1. The van der Waals surface area contributed by atoms with Gasteiger partial charge < -0.3 is 9.84 Å². The van der Waals surface area contributed by atoms with Crippen LogP contribution >= 0.6 is 0 Å². The van der Waals surface area contributed by atoms with Crippen molar-refractivity contribution < 1.29 is 14.6 Å². The maximum Gasteiger partial charge on any atom is 0.338 e. The van der Waals surface area contributed by atoms with E-state index in [1.807, 2.05) is 30.8 Å². The van der Waals surface area contributed by atoms with Gasteiger partial charge >= 0.3 is 5.97 Å². The van der Waals surface area contributed by atoms with Crippen LogP contribution in [0.25, 0.3) is 5.78 Å². The number of aliphatic hydroxyl groups is 1. The van der Waals surface area contributed by atoms with Crippen molar-refractivity contribution in [3.8, 4) is 0 Å². The molecule has 0 saturated heterocycles. The summed E-state index contributed by atoms with van der Waals surface area (Å²) in [6, 6.07) is 2.23. The molecule has 1 aliphatic carbocycles. The van der Waals surface area contributed by atoms with Crippen molar-refractivity contribution in [3.63, 3.8) is 0 Å². The smallest absolute Gasteiger partial charge is 0.338 e. The molecule has 1 N–H and O–H groups in total. The zero-order valence-corrected chi connectivity index (χ0v) is 21.0. The zero-order valence-electron chi connectivity index (χ0n) is 21.0. The number of rotatable bonds is 7. The van der Waals surface area contributed by atoms with E-state index in [-0.39, 0.29) is 23.7 Å². The average Bonchev–Trinajstić information content (AvgIpc) is 3.56.